The van der Waals surface area contributed by atoms with Crippen molar-refractivity contribution in [2.75, 3.05) is 16.0 Å². The minimum atomic E-state index is -0.162. The maximum Gasteiger partial charge on any atom is 0.327 e. The number of nitrogen functional groups attached to an aromatic ring is 1. The highest BCUT2D eigenvalue weighted by Crippen LogP contribution is 2.35. The molecule has 258 valence electrons. The Hall–Kier alpha value is -5.24. The lowest BCUT2D eigenvalue weighted by molar-refractivity contribution is 0.393. The second kappa shape index (κ2) is 16.0. The van der Waals surface area contributed by atoms with E-state index in [1.54, 1.807) is 17.0 Å². The molecule has 5 aromatic heterocycles. The highest BCUT2D eigenvalue weighted by molar-refractivity contribution is 14.1. The van der Waals surface area contributed by atoms with Gasteiger partial charge in [0, 0.05) is 42.6 Å². The van der Waals surface area contributed by atoms with Gasteiger partial charge in [0.25, 0.3) is 0 Å². The van der Waals surface area contributed by atoms with E-state index in [-0.39, 0.29) is 5.69 Å². The lowest BCUT2D eigenvalue weighted by Crippen LogP contribution is -2.17. The molecule has 0 aliphatic carbocycles. The fourth-order valence-corrected chi connectivity index (χ4v) is 6.07. The summed E-state index contributed by atoms with van der Waals surface area (Å²) >= 11 is 1.96. The minimum Gasteiger partial charge on any atom is -0.382 e. The summed E-state index contributed by atoms with van der Waals surface area (Å²) in [4.78, 5) is 24.6. The van der Waals surface area contributed by atoms with Crippen LogP contribution in [0.4, 0.5) is 11.5 Å². The number of nitrogens with two attached hydrogens (primary N) is 1. The van der Waals surface area contributed by atoms with Crippen molar-refractivity contribution < 1.29 is 10.4 Å². The first-order chi connectivity index (χ1) is 24.5. The Balaban J connectivity index is 0.000000184. The molecule has 12 heteroatoms. The van der Waals surface area contributed by atoms with E-state index in [2.05, 4.69) is 42.7 Å². The van der Waals surface area contributed by atoms with Crippen LogP contribution in [0.15, 0.2) is 86.9 Å². The molecular weight excluding hydrogens is 743 g/mol. The molecule has 5 heterocycles. The molecule has 0 saturated heterocycles. The van der Waals surface area contributed by atoms with Crippen molar-refractivity contribution in [2.24, 2.45) is 0 Å². The molecule has 0 radical (unpaired) electrons. The van der Waals surface area contributed by atoms with Crippen molar-refractivity contribution >= 4 is 45.3 Å². The number of imidazole rings is 1. The number of aryl methyl sites for hydroxylation is 5. The number of aromatic nitrogens is 6. The van der Waals surface area contributed by atoms with Gasteiger partial charge in [-0.15, -0.1) is 0 Å². The van der Waals surface area contributed by atoms with Crippen LogP contribution in [0, 0.1) is 41.5 Å². The van der Waals surface area contributed by atoms with Crippen molar-refractivity contribution in [3.05, 3.63) is 129 Å². The summed E-state index contributed by atoms with van der Waals surface area (Å²) in [5.41, 5.74) is 18.0. The third-order valence-electron chi connectivity index (χ3n) is 8.52. The maximum absolute atomic E-state index is 12.5. The Morgan fingerprint density at radius 1 is 0.820 bits per heavy atom. The number of rotatable bonds is 7. The molecule has 0 saturated carbocycles. The first kappa shape index (κ1) is 34.6. The second-order valence-corrected chi connectivity index (χ2v) is 11.8. The van der Waals surface area contributed by atoms with Crippen molar-refractivity contribution in [3.63, 3.8) is 0 Å². The molecule has 0 bridgehead atoms. The zero-order chi connectivity index (χ0) is 36.7. The quantitative estimate of drug-likeness (QED) is 0.107. The van der Waals surface area contributed by atoms with Crippen LogP contribution < -0.4 is 16.7 Å². The van der Waals surface area contributed by atoms with Crippen LogP contribution in [-0.2, 0) is 13.1 Å². The van der Waals surface area contributed by atoms with E-state index in [4.69, 9.17) is 16.2 Å². The van der Waals surface area contributed by atoms with Gasteiger partial charge in [-0.2, -0.15) is 0 Å². The number of fused-ring (bicyclic) bond motifs is 1. The Morgan fingerprint density at radius 3 is 1.88 bits per heavy atom. The standard InChI is InChI=1S/C19H18N4O2.C18H20N4O.CH3I/c1-11-15(16-12(2)22-25-13(16)3)9-20-18-17(11)23(19(24)21-18)10-14-7-5-4-6-8-14;1-11-15(16-12(2)22-23-13(16)3)10-21-18(19)17(11)20-9-14-7-5-4-6-8-14;1-2/h4-9H,10H2,1-3H3,(H,20,21,24);4-8,10,20H,9H2,1-3H3,(H2,19,21);1H3/i;;1D. The molecule has 7 rings (SSSR count). The zero-order valence-corrected chi connectivity index (χ0v) is 31.1. The normalized spacial score (nSPS) is 11.0. The third kappa shape index (κ3) is 7.49. The molecule has 0 spiro atoms. The number of nitrogens with zero attached hydrogens (tertiary/aromatic N) is 5. The lowest BCUT2D eigenvalue weighted by Gasteiger charge is -2.15. The first-order valence-corrected chi connectivity index (χ1v) is 17.4. The number of pyridine rings is 2. The Kier molecular flexibility index (Phi) is 11.1. The highest BCUT2D eigenvalue weighted by Gasteiger charge is 2.20. The van der Waals surface area contributed by atoms with Crippen molar-refractivity contribution in [1.29, 1.82) is 0 Å². The molecule has 11 nitrogen and oxygen atoms in total. The summed E-state index contributed by atoms with van der Waals surface area (Å²) < 4.78 is 18.5. The maximum atomic E-state index is 12.5. The van der Waals surface area contributed by atoms with Gasteiger partial charge in [-0.05, 0) is 68.7 Å². The fraction of sp³-hybridized carbons (Fsp3) is 0.237. The number of H-pyrrole nitrogens is 1. The molecular formula is C38H41IN8O3. The van der Waals surface area contributed by atoms with Crippen LogP contribution in [0.3, 0.4) is 0 Å². The van der Waals surface area contributed by atoms with Gasteiger partial charge in [-0.1, -0.05) is 93.6 Å². The summed E-state index contributed by atoms with van der Waals surface area (Å²) in [7, 11) is 0. The number of anilines is 2. The number of alkyl halides is 1. The largest absolute Gasteiger partial charge is 0.382 e. The highest BCUT2D eigenvalue weighted by atomic mass is 127. The van der Waals surface area contributed by atoms with Crippen LogP contribution in [0.2, 0.25) is 0 Å². The summed E-state index contributed by atoms with van der Waals surface area (Å²) in [6.07, 6.45) is 3.55. The fourth-order valence-electron chi connectivity index (χ4n) is 6.07. The molecule has 0 fully saturated rings. The summed E-state index contributed by atoms with van der Waals surface area (Å²) in [6.45, 7) is 12.8. The van der Waals surface area contributed by atoms with E-state index in [0.29, 0.717) is 29.5 Å². The molecule has 2 aromatic carbocycles. The van der Waals surface area contributed by atoms with E-state index < -0.39 is 0 Å². The number of hydrogen-bond acceptors (Lipinski definition) is 9. The molecule has 7 aromatic rings. The van der Waals surface area contributed by atoms with Gasteiger partial charge in [0.15, 0.2) is 5.65 Å². The molecule has 0 aliphatic rings. The first-order valence-electron chi connectivity index (χ1n) is 16.6. The van der Waals surface area contributed by atoms with Gasteiger partial charge in [-0.3, -0.25) is 9.55 Å². The van der Waals surface area contributed by atoms with E-state index in [9.17, 15) is 4.79 Å². The van der Waals surface area contributed by atoms with E-state index in [1.165, 1.54) is 5.56 Å². The minimum absolute atomic E-state index is 0.162. The number of hydrogen-bond donors (Lipinski definition) is 3. The third-order valence-corrected chi connectivity index (χ3v) is 8.52. The van der Waals surface area contributed by atoms with Gasteiger partial charge in [0.05, 0.1) is 29.1 Å². The van der Waals surface area contributed by atoms with Crippen LogP contribution in [-0.4, -0.2) is 34.7 Å². The van der Waals surface area contributed by atoms with Crippen LogP contribution in [0.1, 0.15) is 46.5 Å². The number of halogens is 1. The van der Waals surface area contributed by atoms with Gasteiger partial charge < -0.3 is 20.1 Å². The topological polar surface area (TPSA) is 154 Å². The SMILES string of the molecule is Cc1noc(C)c1-c1cnc(N)c(NCc2ccccc2)c1C.Cc1noc(C)c1-c1cnc2[nH]c(=O)n(Cc3ccccc3)c2c1C.[2H]CI. The molecule has 0 atom stereocenters. The number of aromatic amines is 1. The average molecular weight is 786 g/mol. The Morgan fingerprint density at radius 2 is 1.34 bits per heavy atom. The van der Waals surface area contributed by atoms with Gasteiger partial charge in [0.2, 0.25) is 0 Å². The number of nitrogens with one attached hydrogen (secondary N) is 2. The van der Waals surface area contributed by atoms with Gasteiger partial charge >= 0.3 is 5.69 Å². The summed E-state index contributed by atoms with van der Waals surface area (Å²) in [5, 5.41) is 11.5. The smallest absolute Gasteiger partial charge is 0.327 e. The molecule has 50 heavy (non-hydrogen) atoms. The number of benzene rings is 2. The van der Waals surface area contributed by atoms with Gasteiger partial charge in [0.1, 0.15) is 17.3 Å². The van der Waals surface area contributed by atoms with Crippen molar-refractivity contribution in [2.45, 2.75) is 54.6 Å². The predicted molar refractivity (Wildman–Crippen MR) is 208 cm³/mol. The average Bonchev–Trinajstić information content (AvgIpc) is 3.75. The molecule has 4 N–H and O–H groups in total. The zero-order valence-electron chi connectivity index (χ0n) is 30.0. The predicted octanol–water partition coefficient (Wildman–Crippen LogP) is 8.26. The van der Waals surface area contributed by atoms with Crippen molar-refractivity contribution in [3.8, 4) is 22.3 Å². The van der Waals surface area contributed by atoms with E-state index in [0.717, 1.165) is 73.1 Å². The van der Waals surface area contributed by atoms with Crippen LogP contribution >= 0.6 is 22.6 Å². The lowest BCUT2D eigenvalue weighted by atomic mass is 10.00. The molecule has 0 unspecified atom stereocenters. The summed E-state index contributed by atoms with van der Waals surface area (Å²) in [5.74, 6) is 2.02. The molecule has 0 aliphatic heterocycles. The van der Waals surface area contributed by atoms with Crippen molar-refractivity contribution in [1.82, 2.24) is 29.8 Å². The van der Waals surface area contributed by atoms with E-state index in [1.807, 2.05) is 113 Å². The van der Waals surface area contributed by atoms with E-state index >= 15 is 0 Å². The van der Waals surface area contributed by atoms with Crippen LogP contribution in [0.25, 0.3) is 33.4 Å². The Bertz CT molecular complexity index is 2260. The monoisotopic (exact) mass is 785 g/mol. The molecule has 0 amide bonds. The second-order valence-electron chi connectivity index (χ2n) is 11.8. The summed E-state index contributed by atoms with van der Waals surface area (Å²) in [6, 6.07) is 20.1. The Labute approximate surface area is 305 Å². The van der Waals surface area contributed by atoms with Crippen LogP contribution in [0.5, 0.6) is 0 Å². The van der Waals surface area contributed by atoms with Gasteiger partial charge in [-0.25, -0.2) is 14.8 Å².